The van der Waals surface area contributed by atoms with Crippen molar-refractivity contribution >= 4 is 17.6 Å². The number of methoxy groups -OCH3 is 1. The molecule has 0 aliphatic rings. The fourth-order valence-electron chi connectivity index (χ4n) is 1.23. The third kappa shape index (κ3) is 2.82. The lowest BCUT2D eigenvalue weighted by atomic mass is 10.1. The Morgan fingerprint density at radius 3 is 2.59 bits per heavy atom. The summed E-state index contributed by atoms with van der Waals surface area (Å²) in [4.78, 5) is 10.3. The lowest BCUT2D eigenvalue weighted by Crippen LogP contribution is -2.31. The van der Waals surface area contributed by atoms with E-state index in [1.54, 1.807) is 0 Å². The Labute approximate surface area is 99.8 Å². The second-order valence-corrected chi connectivity index (χ2v) is 3.61. The van der Waals surface area contributed by atoms with Crippen LogP contribution in [0.5, 0.6) is 5.75 Å². The Balaban J connectivity index is 3.21. The summed E-state index contributed by atoms with van der Waals surface area (Å²) in [5, 5.41) is 7.73. The van der Waals surface area contributed by atoms with Gasteiger partial charge in [0.25, 0.3) is 0 Å². The minimum absolute atomic E-state index is 0.0858. The Morgan fingerprint density at radius 2 is 2.12 bits per heavy atom. The third-order valence-corrected chi connectivity index (χ3v) is 2.49. The van der Waals surface area contributed by atoms with Crippen molar-refractivity contribution in [2.75, 3.05) is 7.11 Å². The maximum atomic E-state index is 13.1. The summed E-state index contributed by atoms with van der Waals surface area (Å²) in [5.41, 5.74) is -0.374. The van der Waals surface area contributed by atoms with Crippen molar-refractivity contribution in [1.82, 2.24) is 0 Å². The summed E-state index contributed by atoms with van der Waals surface area (Å²) in [6, 6.07) is 2.05. The van der Waals surface area contributed by atoms with Crippen LogP contribution in [0.2, 0.25) is 5.02 Å². The molecule has 7 heteroatoms. The van der Waals surface area contributed by atoms with Gasteiger partial charge in [0.05, 0.1) is 18.6 Å². The lowest BCUT2D eigenvalue weighted by Gasteiger charge is -2.15. The van der Waals surface area contributed by atoms with Crippen LogP contribution in [0.3, 0.4) is 0 Å². The molecule has 0 spiro atoms. The maximum absolute atomic E-state index is 13.1. The first kappa shape index (κ1) is 13.6. The minimum Gasteiger partial charge on any atom is -0.496 e. The maximum Gasteiger partial charge on any atom is 0.374 e. The van der Waals surface area contributed by atoms with Gasteiger partial charge in [-0.1, -0.05) is 11.6 Å². The number of carboxylic acid groups (broad SMARTS) is 1. The number of alkyl halides is 2. The third-order valence-electron chi connectivity index (χ3n) is 2.08. The molecule has 0 amide bonds. The number of rotatable bonds is 4. The van der Waals surface area contributed by atoms with Crippen LogP contribution in [0.15, 0.2) is 12.1 Å². The molecule has 0 saturated heterocycles. The standard InChI is InChI=1S/C10H8ClF3O3/c1-17-7-3-2-6(12)8(11)5(7)4-10(13,14)9(15)16/h2-3H,4H2,1H3,(H,15,16). The van der Waals surface area contributed by atoms with Gasteiger partial charge in [-0.2, -0.15) is 8.78 Å². The number of benzene rings is 1. The van der Waals surface area contributed by atoms with Crippen molar-refractivity contribution in [2.45, 2.75) is 12.3 Å². The van der Waals surface area contributed by atoms with Crippen LogP contribution in [-0.2, 0) is 11.2 Å². The van der Waals surface area contributed by atoms with Gasteiger partial charge in [0, 0.05) is 5.56 Å². The van der Waals surface area contributed by atoms with Crippen LogP contribution in [0.1, 0.15) is 5.56 Å². The summed E-state index contributed by atoms with van der Waals surface area (Å²) in [7, 11) is 1.19. The second kappa shape index (κ2) is 4.83. The highest BCUT2D eigenvalue weighted by Gasteiger charge is 2.40. The van der Waals surface area contributed by atoms with Crippen molar-refractivity contribution in [3.63, 3.8) is 0 Å². The quantitative estimate of drug-likeness (QED) is 0.913. The first-order valence-corrected chi connectivity index (χ1v) is 4.79. The average Bonchev–Trinajstić information content (AvgIpc) is 2.25. The second-order valence-electron chi connectivity index (χ2n) is 3.23. The normalized spacial score (nSPS) is 11.4. The molecular weight excluding hydrogens is 261 g/mol. The molecule has 0 unspecified atom stereocenters. The number of carboxylic acids is 1. The zero-order valence-corrected chi connectivity index (χ0v) is 9.39. The Hall–Kier alpha value is -1.43. The SMILES string of the molecule is COc1ccc(F)c(Cl)c1CC(F)(F)C(=O)O. The van der Waals surface area contributed by atoms with E-state index < -0.39 is 29.2 Å². The first-order valence-electron chi connectivity index (χ1n) is 4.41. The Morgan fingerprint density at radius 1 is 1.53 bits per heavy atom. The zero-order valence-electron chi connectivity index (χ0n) is 8.64. The largest absolute Gasteiger partial charge is 0.496 e. The molecule has 0 aromatic heterocycles. The Kier molecular flexibility index (Phi) is 3.87. The van der Waals surface area contributed by atoms with Crippen LogP contribution in [-0.4, -0.2) is 24.1 Å². The molecule has 0 bridgehead atoms. The number of hydrogen-bond acceptors (Lipinski definition) is 2. The molecule has 1 N–H and O–H groups in total. The molecule has 0 aliphatic heterocycles. The number of aliphatic carboxylic acids is 1. The molecule has 0 aliphatic carbocycles. The molecule has 0 radical (unpaired) electrons. The van der Waals surface area contributed by atoms with E-state index in [1.807, 2.05) is 0 Å². The van der Waals surface area contributed by atoms with Crippen molar-refractivity contribution in [2.24, 2.45) is 0 Å². The van der Waals surface area contributed by atoms with Crippen molar-refractivity contribution < 1.29 is 27.8 Å². The number of ether oxygens (including phenoxy) is 1. The van der Waals surface area contributed by atoms with Crippen LogP contribution >= 0.6 is 11.6 Å². The van der Waals surface area contributed by atoms with E-state index in [0.29, 0.717) is 0 Å². The fourth-order valence-corrected chi connectivity index (χ4v) is 1.45. The summed E-state index contributed by atoms with van der Waals surface area (Å²) in [6.07, 6.45) is -1.23. The van der Waals surface area contributed by atoms with Gasteiger partial charge in [0.1, 0.15) is 11.6 Å². The van der Waals surface area contributed by atoms with Gasteiger partial charge in [-0.15, -0.1) is 0 Å². The zero-order chi connectivity index (χ0) is 13.2. The molecule has 0 fully saturated rings. The number of carbonyl (C=O) groups is 1. The Bertz CT molecular complexity index is 449. The van der Waals surface area contributed by atoms with Gasteiger partial charge in [-0.05, 0) is 12.1 Å². The molecule has 1 aromatic carbocycles. The highest BCUT2D eigenvalue weighted by Crippen LogP contribution is 2.33. The smallest absolute Gasteiger partial charge is 0.374 e. The van der Waals surface area contributed by atoms with E-state index in [-0.39, 0.29) is 11.3 Å². The van der Waals surface area contributed by atoms with Gasteiger partial charge in [-0.25, -0.2) is 9.18 Å². The van der Waals surface area contributed by atoms with Crippen molar-refractivity contribution in [1.29, 1.82) is 0 Å². The van der Waals surface area contributed by atoms with Gasteiger partial charge in [0.15, 0.2) is 0 Å². The van der Waals surface area contributed by atoms with Crippen LogP contribution < -0.4 is 4.74 Å². The van der Waals surface area contributed by atoms with Gasteiger partial charge >= 0.3 is 11.9 Å². The van der Waals surface area contributed by atoms with E-state index in [4.69, 9.17) is 21.4 Å². The van der Waals surface area contributed by atoms with Crippen molar-refractivity contribution in [3.05, 3.63) is 28.5 Å². The molecule has 3 nitrogen and oxygen atoms in total. The summed E-state index contributed by atoms with van der Waals surface area (Å²) < 4.78 is 43.9. The van der Waals surface area contributed by atoms with Crippen LogP contribution in [0, 0.1) is 5.82 Å². The van der Waals surface area contributed by atoms with E-state index in [1.165, 1.54) is 7.11 Å². The summed E-state index contributed by atoms with van der Waals surface area (Å²) in [5.74, 6) is -7.34. The van der Waals surface area contributed by atoms with Crippen LogP contribution in [0.25, 0.3) is 0 Å². The molecule has 0 atom stereocenters. The summed E-state index contributed by atoms with van der Waals surface area (Å²) >= 11 is 5.51. The van der Waals surface area contributed by atoms with E-state index >= 15 is 0 Å². The highest BCUT2D eigenvalue weighted by atomic mass is 35.5. The topological polar surface area (TPSA) is 46.5 Å². The molecule has 0 saturated carbocycles. The number of halogens is 4. The minimum atomic E-state index is -4.04. The van der Waals surface area contributed by atoms with Crippen LogP contribution in [0.4, 0.5) is 13.2 Å². The molecular formula is C10H8ClF3O3. The average molecular weight is 269 g/mol. The van der Waals surface area contributed by atoms with Gasteiger partial charge in [-0.3, -0.25) is 0 Å². The molecule has 94 valence electrons. The lowest BCUT2D eigenvalue weighted by molar-refractivity contribution is -0.164. The molecule has 17 heavy (non-hydrogen) atoms. The monoisotopic (exact) mass is 268 g/mol. The summed E-state index contributed by atoms with van der Waals surface area (Å²) in [6.45, 7) is 0. The molecule has 1 rings (SSSR count). The predicted octanol–water partition coefficient (Wildman–Crippen LogP) is 2.75. The van der Waals surface area contributed by atoms with E-state index in [9.17, 15) is 18.0 Å². The first-order chi connectivity index (χ1) is 7.79. The number of hydrogen-bond donors (Lipinski definition) is 1. The molecule has 1 aromatic rings. The van der Waals surface area contributed by atoms with Crippen molar-refractivity contribution in [3.8, 4) is 5.75 Å². The van der Waals surface area contributed by atoms with Gasteiger partial charge in [0.2, 0.25) is 0 Å². The fraction of sp³-hybridized carbons (Fsp3) is 0.300. The predicted molar refractivity (Wildman–Crippen MR) is 54.2 cm³/mol. The van der Waals surface area contributed by atoms with E-state index in [0.717, 1.165) is 12.1 Å². The highest BCUT2D eigenvalue weighted by molar-refractivity contribution is 6.31. The van der Waals surface area contributed by atoms with E-state index in [2.05, 4.69) is 0 Å². The van der Waals surface area contributed by atoms with Gasteiger partial charge < -0.3 is 9.84 Å². The molecule has 0 heterocycles.